The topological polar surface area (TPSA) is 38.3 Å². The van der Waals surface area contributed by atoms with Gasteiger partial charge in [0.05, 0.1) is 12.6 Å². The van der Waals surface area contributed by atoms with Crippen LogP contribution in [-0.4, -0.2) is 24.4 Å². The predicted molar refractivity (Wildman–Crippen MR) is 81.5 cm³/mol. The van der Waals surface area contributed by atoms with Crippen molar-refractivity contribution >= 4 is 17.5 Å². The van der Waals surface area contributed by atoms with Crippen LogP contribution < -0.4 is 10.1 Å². The first-order chi connectivity index (χ1) is 9.58. The largest absolute Gasteiger partial charge is 0.497 e. The Kier molecular flexibility index (Phi) is 4.92. The molecule has 1 saturated carbocycles. The second-order valence-corrected chi connectivity index (χ2v) is 6.05. The maximum Gasteiger partial charge on any atom is 0.251 e. The third kappa shape index (κ3) is 3.45. The van der Waals surface area contributed by atoms with E-state index in [0.29, 0.717) is 17.2 Å². The molecule has 3 nitrogen and oxygen atoms in total. The lowest BCUT2D eigenvalue weighted by atomic mass is 9.78. The van der Waals surface area contributed by atoms with Crippen LogP contribution in [-0.2, 0) is 0 Å². The normalized spacial score (nSPS) is 26.1. The lowest BCUT2D eigenvalue weighted by Crippen LogP contribution is -2.52. The highest BCUT2D eigenvalue weighted by atomic mass is 35.5. The van der Waals surface area contributed by atoms with Gasteiger partial charge in [0.25, 0.3) is 5.91 Å². The summed E-state index contributed by atoms with van der Waals surface area (Å²) in [5.41, 5.74) is 0.362. The highest BCUT2D eigenvalue weighted by Gasteiger charge is 2.35. The van der Waals surface area contributed by atoms with Crippen LogP contribution in [0.1, 0.15) is 43.0 Å². The molecular formula is C16H22ClNO2. The van der Waals surface area contributed by atoms with Crippen molar-refractivity contribution < 1.29 is 9.53 Å². The minimum Gasteiger partial charge on any atom is -0.497 e. The summed E-state index contributed by atoms with van der Waals surface area (Å²) in [6.45, 7) is 2.25. The maximum absolute atomic E-state index is 12.4. The Hall–Kier alpha value is -1.22. The van der Waals surface area contributed by atoms with Crippen LogP contribution in [0.3, 0.4) is 0 Å². The first-order valence-electron chi connectivity index (χ1n) is 7.11. The smallest absolute Gasteiger partial charge is 0.251 e. The van der Waals surface area contributed by atoms with Crippen LogP contribution in [0, 0.1) is 5.92 Å². The number of nitrogens with one attached hydrogen (secondary N) is 1. The average Bonchev–Trinajstić information content (AvgIpc) is 2.50. The molecule has 0 aromatic heterocycles. The number of alkyl halides is 1. The third-order valence-electron chi connectivity index (χ3n) is 4.20. The van der Waals surface area contributed by atoms with Crippen LogP contribution in [0.2, 0.25) is 0 Å². The summed E-state index contributed by atoms with van der Waals surface area (Å²) in [4.78, 5) is 12.4. The molecule has 1 aromatic carbocycles. The van der Waals surface area contributed by atoms with E-state index in [2.05, 4.69) is 12.2 Å². The summed E-state index contributed by atoms with van der Waals surface area (Å²) in [5.74, 6) is 1.81. The summed E-state index contributed by atoms with van der Waals surface area (Å²) < 4.78 is 5.15. The van der Waals surface area contributed by atoms with Crippen LogP contribution in [0.15, 0.2) is 24.3 Å². The molecule has 0 radical (unpaired) electrons. The van der Waals surface area contributed by atoms with Gasteiger partial charge in [-0.2, -0.15) is 0 Å². The SMILES string of the molecule is COc1cccc(C(=O)NC2(CCl)CCC(C)CC2)c1. The van der Waals surface area contributed by atoms with Crippen LogP contribution in [0.25, 0.3) is 0 Å². The second kappa shape index (κ2) is 6.49. The number of ether oxygens (including phenoxy) is 1. The molecule has 1 aromatic rings. The summed E-state index contributed by atoms with van der Waals surface area (Å²) in [7, 11) is 1.60. The molecule has 1 aliphatic rings. The third-order valence-corrected chi connectivity index (χ3v) is 4.71. The molecule has 0 bridgehead atoms. The predicted octanol–water partition coefficient (Wildman–Crippen LogP) is 3.61. The standard InChI is InChI=1S/C16H22ClNO2/c1-12-6-8-16(11-17,9-7-12)18-15(19)13-4-3-5-14(10-13)20-2/h3-5,10,12H,6-9,11H2,1-2H3,(H,18,19). The van der Waals surface area contributed by atoms with Crippen LogP contribution in [0.4, 0.5) is 0 Å². The summed E-state index contributed by atoms with van der Waals surface area (Å²) in [5, 5.41) is 3.14. The van der Waals surface area contributed by atoms with Crippen molar-refractivity contribution in [2.45, 2.75) is 38.1 Å². The zero-order valence-corrected chi connectivity index (χ0v) is 12.9. The molecule has 0 spiro atoms. The van der Waals surface area contributed by atoms with Crippen molar-refractivity contribution in [1.29, 1.82) is 0 Å². The van der Waals surface area contributed by atoms with Gasteiger partial charge < -0.3 is 10.1 Å². The Labute approximate surface area is 125 Å². The van der Waals surface area contributed by atoms with Gasteiger partial charge in [-0.05, 0) is 49.8 Å². The van der Waals surface area contributed by atoms with Gasteiger partial charge in [-0.25, -0.2) is 0 Å². The van der Waals surface area contributed by atoms with Gasteiger partial charge in [0, 0.05) is 11.4 Å². The highest BCUT2D eigenvalue weighted by molar-refractivity contribution is 6.19. The van der Waals surface area contributed by atoms with Crippen molar-refractivity contribution in [1.82, 2.24) is 5.32 Å². The van der Waals surface area contributed by atoms with E-state index >= 15 is 0 Å². The lowest BCUT2D eigenvalue weighted by molar-refractivity contribution is 0.0872. The number of methoxy groups -OCH3 is 1. The summed E-state index contributed by atoms with van der Waals surface area (Å²) >= 11 is 6.14. The van der Waals surface area contributed by atoms with E-state index in [0.717, 1.165) is 31.6 Å². The van der Waals surface area contributed by atoms with Gasteiger partial charge in [0.1, 0.15) is 5.75 Å². The molecule has 110 valence electrons. The van der Waals surface area contributed by atoms with Crippen LogP contribution in [0.5, 0.6) is 5.75 Å². The molecule has 0 heterocycles. The van der Waals surface area contributed by atoms with Gasteiger partial charge in [0.2, 0.25) is 0 Å². The molecule has 1 fully saturated rings. The van der Waals surface area contributed by atoms with E-state index < -0.39 is 0 Å². The molecule has 0 atom stereocenters. The van der Waals surface area contributed by atoms with E-state index in [1.807, 2.05) is 12.1 Å². The number of hydrogen-bond donors (Lipinski definition) is 1. The molecule has 2 rings (SSSR count). The van der Waals surface area contributed by atoms with Gasteiger partial charge in [-0.1, -0.05) is 13.0 Å². The van der Waals surface area contributed by atoms with E-state index in [1.165, 1.54) is 0 Å². The van der Waals surface area contributed by atoms with Crippen molar-refractivity contribution in [3.63, 3.8) is 0 Å². The molecule has 20 heavy (non-hydrogen) atoms. The fourth-order valence-electron chi connectivity index (χ4n) is 2.68. The number of rotatable bonds is 4. The second-order valence-electron chi connectivity index (χ2n) is 5.78. The fraction of sp³-hybridized carbons (Fsp3) is 0.562. The average molecular weight is 296 g/mol. The van der Waals surface area contributed by atoms with E-state index in [1.54, 1.807) is 19.2 Å². The maximum atomic E-state index is 12.4. The molecular weight excluding hydrogens is 274 g/mol. The first-order valence-corrected chi connectivity index (χ1v) is 7.64. The minimum absolute atomic E-state index is 0.0703. The van der Waals surface area contributed by atoms with Crippen molar-refractivity contribution in [2.24, 2.45) is 5.92 Å². The van der Waals surface area contributed by atoms with Crippen molar-refractivity contribution in [2.75, 3.05) is 13.0 Å². The van der Waals surface area contributed by atoms with E-state index in [-0.39, 0.29) is 11.4 Å². The quantitative estimate of drug-likeness (QED) is 0.862. The van der Waals surface area contributed by atoms with Gasteiger partial charge in [0.15, 0.2) is 0 Å². The zero-order valence-electron chi connectivity index (χ0n) is 12.1. The fourth-order valence-corrected chi connectivity index (χ4v) is 3.02. The molecule has 1 amide bonds. The summed E-state index contributed by atoms with van der Waals surface area (Å²) in [6.07, 6.45) is 4.14. The Morgan fingerprint density at radius 2 is 2.15 bits per heavy atom. The number of carbonyl (C=O) groups is 1. The molecule has 0 aliphatic heterocycles. The molecule has 0 saturated heterocycles. The number of amides is 1. The van der Waals surface area contributed by atoms with Crippen LogP contribution >= 0.6 is 11.6 Å². The highest BCUT2D eigenvalue weighted by Crippen LogP contribution is 2.33. The lowest BCUT2D eigenvalue weighted by Gasteiger charge is -2.38. The number of benzene rings is 1. The number of hydrogen-bond acceptors (Lipinski definition) is 2. The van der Waals surface area contributed by atoms with Gasteiger partial charge in [-0.3, -0.25) is 4.79 Å². The van der Waals surface area contributed by atoms with E-state index in [4.69, 9.17) is 16.3 Å². The molecule has 1 N–H and O–H groups in total. The monoisotopic (exact) mass is 295 g/mol. The Morgan fingerprint density at radius 1 is 1.45 bits per heavy atom. The number of halogens is 1. The Bertz CT molecular complexity index is 467. The molecule has 1 aliphatic carbocycles. The van der Waals surface area contributed by atoms with Crippen molar-refractivity contribution in [3.8, 4) is 5.75 Å². The summed E-state index contributed by atoms with van der Waals surface area (Å²) in [6, 6.07) is 7.20. The Morgan fingerprint density at radius 3 is 2.75 bits per heavy atom. The molecule has 0 unspecified atom stereocenters. The Balaban J connectivity index is 2.09. The van der Waals surface area contributed by atoms with Gasteiger partial charge in [-0.15, -0.1) is 11.6 Å². The van der Waals surface area contributed by atoms with Gasteiger partial charge >= 0.3 is 0 Å². The molecule has 4 heteroatoms. The minimum atomic E-state index is -0.256. The zero-order chi connectivity index (χ0) is 14.6. The van der Waals surface area contributed by atoms with Crippen molar-refractivity contribution in [3.05, 3.63) is 29.8 Å². The number of carbonyl (C=O) groups excluding carboxylic acids is 1. The first kappa shape index (κ1) is 15.2. The van der Waals surface area contributed by atoms with E-state index in [9.17, 15) is 4.79 Å².